The summed E-state index contributed by atoms with van der Waals surface area (Å²) in [6.07, 6.45) is 0. The molecule has 0 saturated carbocycles. The van der Waals surface area contributed by atoms with Crippen molar-refractivity contribution in [3.05, 3.63) is 35.9 Å². The normalized spacial score (nSPS) is 8.67. The van der Waals surface area contributed by atoms with Crippen LogP contribution >= 0.6 is 24.0 Å². The van der Waals surface area contributed by atoms with E-state index in [1.165, 1.54) is 17.3 Å². The van der Waals surface area contributed by atoms with Crippen LogP contribution < -0.4 is 5.73 Å². The van der Waals surface area contributed by atoms with Gasteiger partial charge in [-0.25, -0.2) is 0 Å². The Morgan fingerprint density at radius 2 is 1.92 bits per heavy atom. The first-order chi connectivity index (χ1) is 5.29. The fourth-order valence-corrected chi connectivity index (χ4v) is 1.41. The molecular weight excluding hydrogens is 197 g/mol. The van der Waals surface area contributed by atoms with Crippen LogP contribution in [-0.4, -0.2) is 33.9 Å². The van der Waals surface area contributed by atoms with Gasteiger partial charge in [0.05, 0.1) is 0 Å². The first-order valence-corrected chi connectivity index (χ1v) is 4.64. The average Bonchev–Trinajstić information content (AvgIpc) is 2.03. The molecule has 0 amide bonds. The number of hydrogen-bond acceptors (Lipinski definition) is 2. The van der Waals surface area contributed by atoms with Crippen LogP contribution in [0.25, 0.3) is 0 Å². The minimum Gasteiger partial charge on any atom is -0.385 e. The number of thiocarbonyl (C=S) groups is 1. The van der Waals surface area contributed by atoms with Crippen molar-refractivity contribution in [3.63, 3.8) is 0 Å². The molecule has 0 saturated heterocycles. The molecule has 12 heavy (non-hydrogen) atoms. The van der Waals surface area contributed by atoms with Crippen molar-refractivity contribution < 1.29 is 0 Å². The van der Waals surface area contributed by atoms with Crippen LogP contribution in [-0.2, 0) is 5.75 Å². The van der Waals surface area contributed by atoms with Crippen LogP contribution in [0.3, 0.4) is 0 Å². The molecule has 0 fully saturated rings. The Balaban J connectivity index is 0.00000121. The SMILES string of the molecule is NC(=S)SCc1ccccc1.[Na]. The Hall–Kier alpha value is 0.460. The zero-order valence-electron chi connectivity index (χ0n) is 6.99. The van der Waals surface area contributed by atoms with Gasteiger partial charge >= 0.3 is 0 Å². The molecule has 0 heterocycles. The molecule has 1 radical (unpaired) electrons. The molecule has 1 aromatic carbocycles. The second-order valence-corrected chi connectivity index (χ2v) is 3.81. The van der Waals surface area contributed by atoms with Crippen molar-refractivity contribution in [3.8, 4) is 0 Å². The Labute approximate surface area is 104 Å². The second-order valence-electron chi connectivity index (χ2n) is 2.09. The van der Waals surface area contributed by atoms with Crippen molar-refractivity contribution in [2.24, 2.45) is 5.73 Å². The average molecular weight is 206 g/mol. The summed E-state index contributed by atoms with van der Waals surface area (Å²) in [5.41, 5.74) is 6.59. The molecule has 4 heteroatoms. The molecule has 0 atom stereocenters. The van der Waals surface area contributed by atoms with Crippen molar-refractivity contribution in [1.29, 1.82) is 0 Å². The van der Waals surface area contributed by atoms with Gasteiger partial charge in [-0.3, -0.25) is 0 Å². The van der Waals surface area contributed by atoms with E-state index in [2.05, 4.69) is 12.1 Å². The molecule has 1 rings (SSSR count). The first kappa shape index (κ1) is 12.5. The van der Waals surface area contributed by atoms with E-state index in [-0.39, 0.29) is 29.6 Å². The largest absolute Gasteiger partial charge is 0.385 e. The Morgan fingerprint density at radius 1 is 1.33 bits per heavy atom. The molecule has 0 unspecified atom stereocenters. The third-order valence-electron chi connectivity index (χ3n) is 1.22. The Morgan fingerprint density at radius 3 is 2.42 bits per heavy atom. The van der Waals surface area contributed by atoms with E-state index in [1.807, 2.05) is 18.2 Å². The second kappa shape index (κ2) is 6.92. The van der Waals surface area contributed by atoms with Crippen LogP contribution in [0.1, 0.15) is 5.56 Å². The van der Waals surface area contributed by atoms with Gasteiger partial charge in [-0.05, 0) is 5.56 Å². The van der Waals surface area contributed by atoms with Gasteiger partial charge in [0.1, 0.15) is 4.32 Å². The topological polar surface area (TPSA) is 26.0 Å². The summed E-state index contributed by atoms with van der Waals surface area (Å²) in [5, 5.41) is 0. The van der Waals surface area contributed by atoms with Crippen molar-refractivity contribution in [2.75, 3.05) is 0 Å². The fourth-order valence-electron chi connectivity index (χ4n) is 0.729. The van der Waals surface area contributed by atoms with Gasteiger partial charge in [0, 0.05) is 35.3 Å². The molecular formula is C8H9NNaS2. The van der Waals surface area contributed by atoms with E-state index in [4.69, 9.17) is 18.0 Å². The van der Waals surface area contributed by atoms with Crippen LogP contribution in [0.4, 0.5) is 0 Å². The molecule has 1 aromatic rings. The predicted octanol–water partition coefficient (Wildman–Crippen LogP) is 1.78. The van der Waals surface area contributed by atoms with Gasteiger partial charge in [0.2, 0.25) is 0 Å². The van der Waals surface area contributed by atoms with Gasteiger partial charge in [-0.1, -0.05) is 54.3 Å². The van der Waals surface area contributed by atoms with E-state index in [0.717, 1.165) is 5.75 Å². The zero-order valence-corrected chi connectivity index (χ0v) is 10.6. The molecule has 0 aliphatic carbocycles. The van der Waals surface area contributed by atoms with E-state index in [1.54, 1.807) is 0 Å². The van der Waals surface area contributed by atoms with Crippen LogP contribution in [0, 0.1) is 0 Å². The third-order valence-corrected chi connectivity index (χ3v) is 2.34. The van der Waals surface area contributed by atoms with E-state index in [9.17, 15) is 0 Å². The van der Waals surface area contributed by atoms with Crippen molar-refractivity contribution in [1.82, 2.24) is 0 Å². The van der Waals surface area contributed by atoms with E-state index >= 15 is 0 Å². The van der Waals surface area contributed by atoms with Crippen LogP contribution in [0.2, 0.25) is 0 Å². The van der Waals surface area contributed by atoms with Gasteiger partial charge < -0.3 is 5.73 Å². The molecule has 1 nitrogen and oxygen atoms in total. The van der Waals surface area contributed by atoms with Gasteiger partial charge in [-0.15, -0.1) is 0 Å². The number of thioether (sulfide) groups is 1. The fraction of sp³-hybridized carbons (Fsp3) is 0.125. The maximum Gasteiger partial charge on any atom is 0.131 e. The summed E-state index contributed by atoms with van der Waals surface area (Å²) in [6.45, 7) is 0. The van der Waals surface area contributed by atoms with E-state index < -0.39 is 0 Å². The molecule has 2 N–H and O–H groups in total. The maximum absolute atomic E-state index is 5.33. The summed E-state index contributed by atoms with van der Waals surface area (Å²) in [6, 6.07) is 10.1. The summed E-state index contributed by atoms with van der Waals surface area (Å²) >= 11 is 6.23. The summed E-state index contributed by atoms with van der Waals surface area (Å²) in [5.74, 6) is 0.871. The summed E-state index contributed by atoms with van der Waals surface area (Å²) < 4.78 is 0.508. The molecule has 0 bridgehead atoms. The van der Waals surface area contributed by atoms with Crippen LogP contribution in [0.15, 0.2) is 30.3 Å². The number of hydrogen-bond donors (Lipinski definition) is 1. The standard InChI is InChI=1S/C8H9NS2.Na/c9-8(10)11-6-7-4-2-1-3-5-7;/h1-5H,6H2,(H2,9,10);. The number of rotatable bonds is 2. The van der Waals surface area contributed by atoms with Crippen molar-refractivity contribution >= 4 is 57.9 Å². The molecule has 59 valence electrons. The smallest absolute Gasteiger partial charge is 0.131 e. The Kier molecular flexibility index (Phi) is 7.19. The molecule has 0 aliphatic rings. The maximum atomic E-state index is 5.33. The van der Waals surface area contributed by atoms with Crippen molar-refractivity contribution in [2.45, 2.75) is 5.75 Å². The summed E-state index contributed by atoms with van der Waals surface area (Å²) in [4.78, 5) is 0. The van der Waals surface area contributed by atoms with Gasteiger partial charge in [-0.2, -0.15) is 0 Å². The summed E-state index contributed by atoms with van der Waals surface area (Å²) in [7, 11) is 0. The quantitative estimate of drug-likeness (QED) is 0.590. The predicted molar refractivity (Wildman–Crippen MR) is 60.3 cm³/mol. The third kappa shape index (κ3) is 5.17. The molecule has 0 spiro atoms. The first-order valence-electron chi connectivity index (χ1n) is 3.25. The minimum absolute atomic E-state index is 0. The van der Waals surface area contributed by atoms with Crippen LogP contribution in [0.5, 0.6) is 0 Å². The van der Waals surface area contributed by atoms with E-state index in [0.29, 0.717) is 4.32 Å². The molecule has 0 aliphatic heterocycles. The van der Waals surface area contributed by atoms with Gasteiger partial charge in [0.25, 0.3) is 0 Å². The minimum atomic E-state index is 0. The number of benzene rings is 1. The Bertz CT molecular complexity index is 238. The molecule has 0 aromatic heterocycles. The number of nitrogens with two attached hydrogens (primary N) is 1. The zero-order chi connectivity index (χ0) is 8.10. The van der Waals surface area contributed by atoms with Gasteiger partial charge in [0.15, 0.2) is 0 Å². The monoisotopic (exact) mass is 206 g/mol.